The fourth-order valence-electron chi connectivity index (χ4n) is 2.00. The molecule has 0 aliphatic rings. The second-order valence-electron chi connectivity index (χ2n) is 4.77. The molecule has 1 aromatic carbocycles. The van der Waals surface area contributed by atoms with Gasteiger partial charge in [-0.1, -0.05) is 44.7 Å². The van der Waals surface area contributed by atoms with E-state index in [2.05, 4.69) is 23.9 Å². The van der Waals surface area contributed by atoms with Gasteiger partial charge in [-0.3, -0.25) is 0 Å². The predicted molar refractivity (Wildman–Crippen MR) is 74.9 cm³/mol. The molecule has 0 saturated carbocycles. The van der Waals surface area contributed by atoms with E-state index in [0.29, 0.717) is 5.69 Å². The Morgan fingerprint density at radius 2 is 1.89 bits per heavy atom. The topological polar surface area (TPSA) is 21.3 Å². The van der Waals surface area contributed by atoms with Crippen LogP contribution in [0.4, 0.5) is 14.5 Å². The van der Waals surface area contributed by atoms with Crippen LogP contribution in [0.15, 0.2) is 24.3 Å². The molecule has 4 heteroatoms. The molecule has 19 heavy (non-hydrogen) atoms. The van der Waals surface area contributed by atoms with Crippen molar-refractivity contribution in [1.29, 1.82) is 0 Å². The van der Waals surface area contributed by atoms with E-state index in [1.807, 2.05) is 6.07 Å². The third kappa shape index (κ3) is 6.41. The van der Waals surface area contributed by atoms with Gasteiger partial charge in [-0.15, -0.1) is 0 Å². The molecule has 1 N–H and O–H groups in total. The summed E-state index contributed by atoms with van der Waals surface area (Å²) in [5.41, 5.74) is 0.630. The molecule has 1 unspecified atom stereocenters. The van der Waals surface area contributed by atoms with Crippen molar-refractivity contribution < 1.29 is 13.5 Å². The van der Waals surface area contributed by atoms with E-state index in [9.17, 15) is 8.78 Å². The Balaban J connectivity index is 2.46. The highest BCUT2D eigenvalue weighted by atomic mass is 19.3. The Morgan fingerprint density at radius 1 is 1.16 bits per heavy atom. The SMILES string of the molecule is CCCCCCC(C)Nc1ccccc1OC(F)F. The zero-order valence-electron chi connectivity index (χ0n) is 11.7. The zero-order valence-corrected chi connectivity index (χ0v) is 11.7. The second kappa shape index (κ2) is 8.73. The average molecular weight is 271 g/mol. The number of unbranched alkanes of at least 4 members (excludes halogenated alkanes) is 3. The van der Waals surface area contributed by atoms with Crippen LogP contribution in [0, 0.1) is 0 Å². The molecule has 0 aliphatic heterocycles. The Hall–Kier alpha value is -1.32. The molecule has 0 aromatic heterocycles. The highest BCUT2D eigenvalue weighted by Gasteiger charge is 2.10. The van der Waals surface area contributed by atoms with E-state index in [1.165, 1.54) is 19.3 Å². The zero-order chi connectivity index (χ0) is 14.1. The van der Waals surface area contributed by atoms with E-state index in [4.69, 9.17) is 0 Å². The summed E-state index contributed by atoms with van der Waals surface area (Å²) in [6.45, 7) is 1.45. The Bertz CT molecular complexity index is 358. The van der Waals surface area contributed by atoms with Gasteiger partial charge in [0.25, 0.3) is 0 Å². The molecule has 1 atom stereocenters. The van der Waals surface area contributed by atoms with Crippen molar-refractivity contribution in [3.05, 3.63) is 24.3 Å². The number of nitrogens with one attached hydrogen (secondary N) is 1. The molecule has 2 nitrogen and oxygen atoms in total. The smallest absolute Gasteiger partial charge is 0.387 e. The van der Waals surface area contributed by atoms with Gasteiger partial charge in [0.15, 0.2) is 0 Å². The van der Waals surface area contributed by atoms with Gasteiger partial charge >= 0.3 is 6.61 Å². The molecule has 1 rings (SSSR count). The summed E-state index contributed by atoms with van der Waals surface area (Å²) in [5.74, 6) is 0.206. The van der Waals surface area contributed by atoms with Crippen LogP contribution in [0.3, 0.4) is 0 Å². The Kier molecular flexibility index (Phi) is 7.23. The predicted octanol–water partition coefficient (Wildman–Crippen LogP) is 5.06. The Morgan fingerprint density at radius 3 is 2.58 bits per heavy atom. The first kappa shape index (κ1) is 15.7. The third-order valence-corrected chi connectivity index (χ3v) is 3.00. The minimum atomic E-state index is -2.79. The van der Waals surface area contributed by atoms with Crippen molar-refractivity contribution in [3.63, 3.8) is 0 Å². The van der Waals surface area contributed by atoms with Crippen molar-refractivity contribution in [2.45, 2.75) is 58.6 Å². The van der Waals surface area contributed by atoms with Gasteiger partial charge in [0.1, 0.15) is 5.75 Å². The summed E-state index contributed by atoms with van der Waals surface area (Å²) < 4.78 is 29.0. The summed E-state index contributed by atoms with van der Waals surface area (Å²) in [6, 6.07) is 7.07. The lowest BCUT2D eigenvalue weighted by Gasteiger charge is -2.18. The van der Waals surface area contributed by atoms with Crippen LogP contribution < -0.4 is 10.1 Å². The van der Waals surface area contributed by atoms with Crippen LogP contribution in [0.5, 0.6) is 5.75 Å². The lowest BCUT2D eigenvalue weighted by Crippen LogP contribution is -2.16. The van der Waals surface area contributed by atoms with Gasteiger partial charge in [-0.25, -0.2) is 0 Å². The quantitative estimate of drug-likeness (QED) is 0.634. The van der Waals surface area contributed by atoms with E-state index in [1.54, 1.807) is 18.2 Å². The maximum Gasteiger partial charge on any atom is 0.387 e. The monoisotopic (exact) mass is 271 g/mol. The van der Waals surface area contributed by atoms with Crippen LogP contribution in [-0.4, -0.2) is 12.7 Å². The normalized spacial score (nSPS) is 12.5. The molecule has 0 saturated heterocycles. The van der Waals surface area contributed by atoms with Gasteiger partial charge in [0, 0.05) is 6.04 Å². The minimum absolute atomic E-state index is 0.206. The van der Waals surface area contributed by atoms with Crippen LogP contribution in [-0.2, 0) is 0 Å². The summed E-state index contributed by atoms with van der Waals surface area (Å²) in [4.78, 5) is 0. The van der Waals surface area contributed by atoms with Gasteiger partial charge in [-0.2, -0.15) is 8.78 Å². The van der Waals surface area contributed by atoms with Crippen LogP contribution >= 0.6 is 0 Å². The largest absolute Gasteiger partial charge is 0.433 e. The first-order valence-corrected chi connectivity index (χ1v) is 6.93. The van der Waals surface area contributed by atoms with E-state index in [-0.39, 0.29) is 11.8 Å². The molecule has 0 amide bonds. The number of benzene rings is 1. The number of rotatable bonds is 9. The highest BCUT2D eigenvalue weighted by Crippen LogP contribution is 2.26. The van der Waals surface area contributed by atoms with Crippen LogP contribution in [0.25, 0.3) is 0 Å². The molecule has 0 spiro atoms. The molecule has 0 bridgehead atoms. The number of hydrogen-bond acceptors (Lipinski definition) is 2. The number of hydrogen-bond donors (Lipinski definition) is 1. The van der Waals surface area contributed by atoms with E-state index < -0.39 is 6.61 Å². The molecule has 108 valence electrons. The number of halogens is 2. The molecule has 0 fully saturated rings. The lowest BCUT2D eigenvalue weighted by molar-refractivity contribution is -0.0493. The van der Waals surface area contributed by atoms with Crippen molar-refractivity contribution in [2.24, 2.45) is 0 Å². The molecule has 0 aliphatic carbocycles. The van der Waals surface area contributed by atoms with Crippen LogP contribution in [0.1, 0.15) is 46.0 Å². The maximum atomic E-state index is 12.3. The highest BCUT2D eigenvalue weighted by molar-refractivity contribution is 5.56. The van der Waals surface area contributed by atoms with Gasteiger partial charge < -0.3 is 10.1 Å². The molecule has 0 heterocycles. The summed E-state index contributed by atoms with van der Waals surface area (Å²) in [6.07, 6.45) is 5.87. The summed E-state index contributed by atoms with van der Waals surface area (Å²) >= 11 is 0. The minimum Gasteiger partial charge on any atom is -0.433 e. The first-order chi connectivity index (χ1) is 9.13. The van der Waals surface area contributed by atoms with E-state index >= 15 is 0 Å². The third-order valence-electron chi connectivity index (χ3n) is 3.00. The molecular weight excluding hydrogens is 248 g/mol. The van der Waals surface area contributed by atoms with Gasteiger partial charge in [0.2, 0.25) is 0 Å². The average Bonchev–Trinajstić information content (AvgIpc) is 2.36. The number of para-hydroxylation sites is 2. The number of alkyl halides is 2. The molecule has 1 aromatic rings. The number of anilines is 1. The van der Waals surface area contributed by atoms with E-state index in [0.717, 1.165) is 12.8 Å². The fraction of sp³-hybridized carbons (Fsp3) is 0.600. The van der Waals surface area contributed by atoms with Crippen molar-refractivity contribution in [2.75, 3.05) is 5.32 Å². The van der Waals surface area contributed by atoms with Gasteiger partial charge in [0.05, 0.1) is 5.69 Å². The maximum absolute atomic E-state index is 12.3. The van der Waals surface area contributed by atoms with Crippen molar-refractivity contribution >= 4 is 5.69 Å². The standard InChI is InChI=1S/C15H23F2NO/c1-3-4-5-6-9-12(2)18-13-10-7-8-11-14(13)19-15(16)17/h7-8,10-12,15,18H,3-6,9H2,1-2H3. The van der Waals surface area contributed by atoms with Crippen molar-refractivity contribution in [1.82, 2.24) is 0 Å². The fourth-order valence-corrected chi connectivity index (χ4v) is 2.00. The second-order valence-corrected chi connectivity index (χ2v) is 4.77. The van der Waals surface area contributed by atoms with Crippen LogP contribution in [0.2, 0.25) is 0 Å². The molecular formula is C15H23F2NO. The Labute approximate surface area is 114 Å². The number of ether oxygens (including phenoxy) is 1. The summed E-state index contributed by atoms with van der Waals surface area (Å²) in [5, 5.41) is 3.23. The summed E-state index contributed by atoms with van der Waals surface area (Å²) in [7, 11) is 0. The van der Waals surface area contributed by atoms with Crippen molar-refractivity contribution in [3.8, 4) is 5.75 Å². The first-order valence-electron chi connectivity index (χ1n) is 6.93. The van der Waals surface area contributed by atoms with Gasteiger partial charge in [-0.05, 0) is 25.5 Å². The molecule has 0 radical (unpaired) electrons. The lowest BCUT2D eigenvalue weighted by atomic mass is 10.1.